The van der Waals surface area contributed by atoms with Crippen LogP contribution in [0.5, 0.6) is 0 Å². The fraction of sp³-hybridized carbons (Fsp3) is 0.837. The second kappa shape index (κ2) is 36.7. The van der Waals surface area contributed by atoms with Crippen molar-refractivity contribution in [3.8, 4) is 0 Å². The number of quaternary nitrogens is 1. The molecule has 0 aliphatic rings. The van der Waals surface area contributed by atoms with E-state index in [9.17, 15) is 14.3 Å². The molecule has 0 saturated carbocycles. The van der Waals surface area contributed by atoms with Gasteiger partial charge in [0.1, 0.15) is 19.3 Å². The number of phosphoric acid groups is 1. The van der Waals surface area contributed by atoms with Crippen LogP contribution in [0.2, 0.25) is 0 Å². The van der Waals surface area contributed by atoms with Crippen LogP contribution in [-0.2, 0) is 27.9 Å². The highest BCUT2D eigenvalue weighted by atomic mass is 31.2. The van der Waals surface area contributed by atoms with Gasteiger partial charge in [-0.3, -0.25) is 9.36 Å². The number of ether oxygens (including phenoxy) is 2. The fourth-order valence-electron chi connectivity index (χ4n) is 5.56. The van der Waals surface area contributed by atoms with Crippen molar-refractivity contribution in [3.05, 3.63) is 36.5 Å². The zero-order valence-corrected chi connectivity index (χ0v) is 35.4. The van der Waals surface area contributed by atoms with E-state index >= 15 is 0 Å². The fourth-order valence-corrected chi connectivity index (χ4v) is 6.28. The lowest BCUT2D eigenvalue weighted by Crippen LogP contribution is -2.37. The van der Waals surface area contributed by atoms with Gasteiger partial charge in [-0.2, -0.15) is 0 Å². The molecule has 8 nitrogen and oxygen atoms in total. The first-order valence-electron chi connectivity index (χ1n) is 21.2. The predicted octanol–water partition coefficient (Wildman–Crippen LogP) is 11.6. The third-order valence-electron chi connectivity index (χ3n) is 8.91. The molecule has 0 aromatic heterocycles. The minimum atomic E-state index is -4.52. The summed E-state index contributed by atoms with van der Waals surface area (Å²) in [4.78, 5) is 25.0. The second-order valence-corrected chi connectivity index (χ2v) is 16.8. The third kappa shape index (κ3) is 39.9. The Morgan fingerprint density at radius 3 is 1.63 bits per heavy atom. The summed E-state index contributed by atoms with van der Waals surface area (Å²) >= 11 is 0. The molecule has 0 aromatic rings. The first-order chi connectivity index (χ1) is 25.1. The lowest BCUT2D eigenvalue weighted by Gasteiger charge is -2.28. The van der Waals surface area contributed by atoms with E-state index in [0.29, 0.717) is 24.1 Å². The summed E-state index contributed by atoms with van der Waals surface area (Å²) in [5.74, 6) is -0.348. The van der Waals surface area contributed by atoms with Gasteiger partial charge in [-0.1, -0.05) is 140 Å². The Labute approximate surface area is 321 Å². The SMILES string of the molecule is CCCC/C=C\CCCCCCCC(=O)OC(COCCCCCCCCCC/C=C\C/C=C\CCCCCC)COP(=O)([O-])OCC[N+](C)(C)C. The van der Waals surface area contributed by atoms with E-state index in [-0.39, 0.29) is 25.8 Å². The predicted molar refractivity (Wildman–Crippen MR) is 217 cm³/mol. The van der Waals surface area contributed by atoms with Gasteiger partial charge in [0, 0.05) is 13.0 Å². The molecule has 0 heterocycles. The van der Waals surface area contributed by atoms with Gasteiger partial charge in [-0.25, -0.2) is 0 Å². The van der Waals surface area contributed by atoms with Crippen LogP contribution in [0, 0.1) is 0 Å². The maximum absolute atomic E-state index is 12.6. The Bertz CT molecular complexity index is 931. The quantitative estimate of drug-likeness (QED) is 0.0203. The van der Waals surface area contributed by atoms with E-state index in [1.165, 1.54) is 103 Å². The van der Waals surface area contributed by atoms with Crippen LogP contribution in [0.4, 0.5) is 0 Å². The van der Waals surface area contributed by atoms with E-state index < -0.39 is 13.9 Å². The smallest absolute Gasteiger partial charge is 0.306 e. The molecular weight excluding hydrogens is 673 g/mol. The molecule has 0 radical (unpaired) electrons. The van der Waals surface area contributed by atoms with Crippen molar-refractivity contribution < 1.29 is 37.3 Å². The molecule has 0 spiro atoms. The van der Waals surface area contributed by atoms with Crippen molar-refractivity contribution in [2.45, 2.75) is 180 Å². The molecule has 306 valence electrons. The number of unbranched alkanes of at least 4 members (excludes halogenated alkanes) is 19. The van der Waals surface area contributed by atoms with Gasteiger partial charge in [-0.15, -0.1) is 0 Å². The van der Waals surface area contributed by atoms with Crippen LogP contribution >= 0.6 is 7.82 Å². The minimum absolute atomic E-state index is 0.0229. The van der Waals surface area contributed by atoms with E-state index in [1.807, 2.05) is 21.1 Å². The Morgan fingerprint density at radius 2 is 1.08 bits per heavy atom. The summed E-state index contributed by atoms with van der Waals surface area (Å²) in [5, 5.41) is 0. The number of esters is 1. The molecule has 9 heteroatoms. The highest BCUT2D eigenvalue weighted by molar-refractivity contribution is 7.45. The Kier molecular flexibility index (Phi) is 35.8. The molecule has 0 saturated heterocycles. The Morgan fingerprint density at radius 1 is 0.596 bits per heavy atom. The normalized spacial score (nSPS) is 14.2. The highest BCUT2D eigenvalue weighted by Gasteiger charge is 2.20. The monoisotopic (exact) mass is 756 g/mol. The molecule has 0 rings (SSSR count). The maximum atomic E-state index is 12.6. The molecular formula is C43H82NO7P. The maximum Gasteiger partial charge on any atom is 0.306 e. The zero-order chi connectivity index (χ0) is 38.4. The Balaban J connectivity index is 4.22. The van der Waals surface area contributed by atoms with Crippen LogP contribution in [0.3, 0.4) is 0 Å². The summed E-state index contributed by atoms with van der Waals surface area (Å²) in [6.45, 7) is 5.33. The number of nitrogens with zero attached hydrogens (tertiary/aromatic N) is 1. The highest BCUT2D eigenvalue weighted by Crippen LogP contribution is 2.38. The lowest BCUT2D eigenvalue weighted by atomic mass is 10.1. The number of hydrogen-bond donors (Lipinski definition) is 0. The molecule has 0 aromatic carbocycles. The largest absolute Gasteiger partial charge is 0.756 e. The van der Waals surface area contributed by atoms with Crippen molar-refractivity contribution in [2.75, 3.05) is 54.1 Å². The van der Waals surface area contributed by atoms with Crippen molar-refractivity contribution in [1.29, 1.82) is 0 Å². The van der Waals surface area contributed by atoms with Crippen LogP contribution < -0.4 is 4.89 Å². The molecule has 0 aliphatic carbocycles. The van der Waals surface area contributed by atoms with Crippen LogP contribution in [0.15, 0.2) is 36.5 Å². The van der Waals surface area contributed by atoms with Crippen molar-refractivity contribution in [1.82, 2.24) is 0 Å². The standard InChI is InChI=1S/C43H82NO7P/c1-6-8-10-12-14-16-18-19-20-21-22-23-24-25-27-29-31-33-35-38-48-40-42(41-50-52(46,47)49-39-37-44(3,4)5)51-43(45)36-34-32-30-28-26-17-15-13-11-9-7-2/h13,15-16,18,20-21,42H,6-12,14,17,19,22-41H2,1-5H3/b15-13-,18-16-,21-20-. The number of carbonyl (C=O) groups excluding carboxylic acids is 1. The molecule has 0 aliphatic heterocycles. The second-order valence-electron chi connectivity index (χ2n) is 15.3. The van der Waals surface area contributed by atoms with Gasteiger partial charge < -0.3 is 27.9 Å². The molecule has 0 amide bonds. The van der Waals surface area contributed by atoms with E-state index in [0.717, 1.165) is 51.4 Å². The van der Waals surface area contributed by atoms with E-state index in [2.05, 4.69) is 50.3 Å². The summed E-state index contributed by atoms with van der Waals surface area (Å²) < 4.78 is 34.5. The van der Waals surface area contributed by atoms with Crippen molar-refractivity contribution in [3.63, 3.8) is 0 Å². The minimum Gasteiger partial charge on any atom is -0.756 e. The van der Waals surface area contributed by atoms with Crippen molar-refractivity contribution in [2.24, 2.45) is 0 Å². The molecule has 2 atom stereocenters. The molecule has 0 bridgehead atoms. The van der Waals surface area contributed by atoms with Gasteiger partial charge in [0.25, 0.3) is 7.82 Å². The summed E-state index contributed by atoms with van der Waals surface area (Å²) in [6.07, 6.45) is 41.5. The molecule has 0 fully saturated rings. The zero-order valence-electron chi connectivity index (χ0n) is 34.5. The first-order valence-corrected chi connectivity index (χ1v) is 22.7. The average molecular weight is 756 g/mol. The number of phosphoric ester groups is 1. The van der Waals surface area contributed by atoms with Gasteiger partial charge in [0.2, 0.25) is 0 Å². The summed E-state index contributed by atoms with van der Waals surface area (Å²) in [7, 11) is 1.34. The van der Waals surface area contributed by atoms with Gasteiger partial charge in [0.15, 0.2) is 0 Å². The number of hydrogen-bond acceptors (Lipinski definition) is 7. The van der Waals surface area contributed by atoms with Gasteiger partial charge in [-0.05, 0) is 64.2 Å². The van der Waals surface area contributed by atoms with E-state index in [1.54, 1.807) is 0 Å². The summed E-state index contributed by atoms with van der Waals surface area (Å²) in [6, 6.07) is 0. The molecule has 2 unspecified atom stereocenters. The summed E-state index contributed by atoms with van der Waals surface area (Å²) in [5.41, 5.74) is 0. The van der Waals surface area contributed by atoms with Crippen LogP contribution in [-0.4, -0.2) is 70.7 Å². The average Bonchev–Trinajstić information content (AvgIpc) is 3.09. The van der Waals surface area contributed by atoms with E-state index in [4.69, 9.17) is 18.5 Å². The molecule has 0 N–H and O–H groups in total. The lowest BCUT2D eigenvalue weighted by molar-refractivity contribution is -0.870. The van der Waals surface area contributed by atoms with Crippen LogP contribution in [0.25, 0.3) is 0 Å². The topological polar surface area (TPSA) is 94.1 Å². The number of allylic oxidation sites excluding steroid dienone is 6. The first kappa shape index (κ1) is 50.7. The van der Waals surface area contributed by atoms with Gasteiger partial charge in [0.05, 0.1) is 34.4 Å². The van der Waals surface area contributed by atoms with Gasteiger partial charge >= 0.3 is 5.97 Å². The third-order valence-corrected chi connectivity index (χ3v) is 9.88. The number of rotatable bonds is 39. The number of carbonyl (C=O) groups is 1. The molecule has 52 heavy (non-hydrogen) atoms. The van der Waals surface area contributed by atoms with Crippen molar-refractivity contribution >= 4 is 13.8 Å². The van der Waals surface area contributed by atoms with Crippen LogP contribution in [0.1, 0.15) is 174 Å². The Hall–Kier alpha value is -1.28. The number of likely N-dealkylation sites (N-methyl/N-ethyl adjacent to an activating group) is 1.